The molecule has 10 heavy (non-hydrogen) atoms. The van der Waals surface area contributed by atoms with E-state index in [1.54, 1.807) is 0 Å². The van der Waals surface area contributed by atoms with Crippen molar-refractivity contribution in [3.63, 3.8) is 0 Å². The van der Waals surface area contributed by atoms with Gasteiger partial charge in [0.05, 0.1) is 0 Å². The Bertz CT molecular complexity index is 173. The summed E-state index contributed by atoms with van der Waals surface area (Å²) in [6, 6.07) is 0. The molecule has 2 N–H and O–H groups in total. The summed E-state index contributed by atoms with van der Waals surface area (Å²) in [5.74, 6) is -0.222. The Labute approximate surface area is 65.2 Å². The SMILES string of the molecule is Cl.O=C(O)[C@]12CC1CCN2. The van der Waals surface area contributed by atoms with Gasteiger partial charge in [0.25, 0.3) is 0 Å². The molecule has 0 spiro atoms. The van der Waals surface area contributed by atoms with E-state index >= 15 is 0 Å². The molecule has 58 valence electrons. The third-order valence-electron chi connectivity index (χ3n) is 2.42. The highest BCUT2D eigenvalue weighted by Gasteiger charge is 2.62. The van der Waals surface area contributed by atoms with E-state index in [4.69, 9.17) is 5.11 Å². The average Bonchev–Trinajstić information content (AvgIpc) is 2.38. The molecule has 0 amide bonds. The highest BCUT2D eigenvalue weighted by molar-refractivity contribution is 5.85. The number of halogens is 1. The van der Waals surface area contributed by atoms with E-state index in [1.807, 2.05) is 0 Å². The van der Waals surface area contributed by atoms with E-state index in [0.29, 0.717) is 5.92 Å². The van der Waals surface area contributed by atoms with E-state index < -0.39 is 11.5 Å². The minimum Gasteiger partial charge on any atom is -0.480 e. The van der Waals surface area contributed by atoms with Crippen LogP contribution < -0.4 is 5.32 Å². The first kappa shape index (κ1) is 7.82. The van der Waals surface area contributed by atoms with Gasteiger partial charge in [-0.2, -0.15) is 0 Å². The van der Waals surface area contributed by atoms with Crippen molar-refractivity contribution in [2.45, 2.75) is 18.4 Å². The molecule has 1 aliphatic carbocycles. The van der Waals surface area contributed by atoms with Crippen LogP contribution >= 0.6 is 12.4 Å². The van der Waals surface area contributed by atoms with E-state index in [0.717, 1.165) is 19.4 Å². The van der Waals surface area contributed by atoms with Crippen molar-refractivity contribution in [2.75, 3.05) is 6.54 Å². The summed E-state index contributed by atoms with van der Waals surface area (Å²) in [6.07, 6.45) is 1.90. The number of nitrogens with one attached hydrogen (secondary N) is 1. The smallest absolute Gasteiger partial charge is 0.324 e. The van der Waals surface area contributed by atoms with Gasteiger partial charge >= 0.3 is 5.97 Å². The fourth-order valence-electron chi connectivity index (χ4n) is 1.70. The average molecular weight is 164 g/mol. The zero-order valence-corrected chi connectivity index (χ0v) is 6.28. The molecule has 0 aromatic carbocycles. The Hall–Kier alpha value is -0.280. The van der Waals surface area contributed by atoms with Crippen molar-refractivity contribution in [1.82, 2.24) is 5.32 Å². The van der Waals surface area contributed by atoms with Crippen LogP contribution in [0, 0.1) is 5.92 Å². The van der Waals surface area contributed by atoms with Gasteiger partial charge in [0, 0.05) is 0 Å². The quantitative estimate of drug-likeness (QED) is 0.583. The van der Waals surface area contributed by atoms with Crippen LogP contribution in [-0.2, 0) is 4.79 Å². The predicted molar refractivity (Wildman–Crippen MR) is 38.3 cm³/mol. The van der Waals surface area contributed by atoms with Crippen LogP contribution in [0.2, 0.25) is 0 Å². The lowest BCUT2D eigenvalue weighted by Crippen LogP contribution is -2.36. The van der Waals surface area contributed by atoms with Gasteiger partial charge in [0.15, 0.2) is 0 Å². The number of fused-ring (bicyclic) bond motifs is 1. The lowest BCUT2D eigenvalue weighted by molar-refractivity contribution is -0.140. The molecule has 2 fully saturated rings. The lowest BCUT2D eigenvalue weighted by Gasteiger charge is -2.04. The molecule has 2 atom stereocenters. The fraction of sp³-hybridized carbons (Fsp3) is 0.833. The molecule has 2 aliphatic rings. The monoisotopic (exact) mass is 163 g/mol. The normalized spacial score (nSPS) is 41.8. The van der Waals surface area contributed by atoms with Crippen molar-refractivity contribution >= 4 is 18.4 Å². The van der Waals surface area contributed by atoms with E-state index in [-0.39, 0.29) is 12.4 Å². The van der Waals surface area contributed by atoms with E-state index in [9.17, 15) is 4.79 Å². The van der Waals surface area contributed by atoms with Gasteiger partial charge in [-0.1, -0.05) is 0 Å². The fourth-order valence-corrected chi connectivity index (χ4v) is 1.70. The second-order valence-electron chi connectivity index (χ2n) is 2.89. The maximum Gasteiger partial charge on any atom is 0.324 e. The standard InChI is InChI=1S/C6H9NO2.ClH/c8-5(9)6-3-4(6)1-2-7-6;/h4,7H,1-3H2,(H,8,9);1H/t4?,6-;/m0./s1. The maximum absolute atomic E-state index is 10.5. The van der Waals surface area contributed by atoms with Gasteiger partial charge in [-0.05, 0) is 25.3 Å². The summed E-state index contributed by atoms with van der Waals surface area (Å²) in [5.41, 5.74) is -0.472. The third-order valence-corrected chi connectivity index (χ3v) is 2.42. The van der Waals surface area contributed by atoms with Crippen molar-refractivity contribution in [3.05, 3.63) is 0 Å². The van der Waals surface area contributed by atoms with Crippen LogP contribution in [0.3, 0.4) is 0 Å². The number of piperidine rings is 1. The van der Waals surface area contributed by atoms with E-state index in [1.165, 1.54) is 0 Å². The Morgan fingerprint density at radius 2 is 2.40 bits per heavy atom. The molecule has 2 rings (SSSR count). The minimum atomic E-state index is -0.662. The second kappa shape index (κ2) is 2.10. The highest BCUT2D eigenvalue weighted by atomic mass is 35.5. The molecule has 1 unspecified atom stereocenters. The summed E-state index contributed by atoms with van der Waals surface area (Å²) in [6.45, 7) is 0.886. The van der Waals surface area contributed by atoms with Crippen LogP contribution in [0.25, 0.3) is 0 Å². The topological polar surface area (TPSA) is 49.3 Å². The van der Waals surface area contributed by atoms with Gasteiger partial charge in [-0.3, -0.25) is 4.79 Å². The number of carboxylic acid groups (broad SMARTS) is 1. The summed E-state index contributed by atoms with van der Waals surface area (Å²) in [7, 11) is 0. The number of carbonyl (C=O) groups is 1. The predicted octanol–water partition coefficient (Wildman–Crippen LogP) is 0.245. The van der Waals surface area contributed by atoms with Gasteiger partial charge in [-0.15, -0.1) is 12.4 Å². The molecule has 0 radical (unpaired) electrons. The molecule has 1 saturated heterocycles. The molecule has 1 heterocycles. The van der Waals surface area contributed by atoms with Gasteiger partial charge in [-0.25, -0.2) is 0 Å². The number of hydrogen-bond donors (Lipinski definition) is 2. The van der Waals surface area contributed by atoms with Gasteiger partial charge < -0.3 is 10.4 Å². The largest absolute Gasteiger partial charge is 0.480 e. The summed E-state index contributed by atoms with van der Waals surface area (Å²) < 4.78 is 0. The number of hydrogen-bond acceptors (Lipinski definition) is 2. The van der Waals surface area contributed by atoms with Crippen molar-refractivity contribution in [1.29, 1.82) is 0 Å². The summed E-state index contributed by atoms with van der Waals surface area (Å²) in [5, 5.41) is 11.7. The molecule has 1 aliphatic heterocycles. The number of rotatable bonds is 1. The van der Waals surface area contributed by atoms with Crippen molar-refractivity contribution in [2.24, 2.45) is 5.92 Å². The zero-order valence-electron chi connectivity index (χ0n) is 5.46. The van der Waals surface area contributed by atoms with Crippen LogP contribution in [-0.4, -0.2) is 23.2 Å². The first-order valence-electron chi connectivity index (χ1n) is 3.24. The molecule has 0 aromatic rings. The van der Waals surface area contributed by atoms with Crippen LogP contribution in [0.4, 0.5) is 0 Å². The van der Waals surface area contributed by atoms with Crippen LogP contribution in [0.15, 0.2) is 0 Å². The molecule has 3 nitrogen and oxygen atoms in total. The molecule has 4 heteroatoms. The number of aliphatic carboxylic acids is 1. The Kier molecular flexibility index (Phi) is 1.65. The summed E-state index contributed by atoms with van der Waals surface area (Å²) in [4.78, 5) is 10.5. The lowest BCUT2D eigenvalue weighted by atomic mass is 10.2. The first-order chi connectivity index (χ1) is 4.26. The Morgan fingerprint density at radius 3 is 2.60 bits per heavy atom. The molecule has 0 aromatic heterocycles. The third kappa shape index (κ3) is 0.739. The molecular weight excluding hydrogens is 154 g/mol. The van der Waals surface area contributed by atoms with Crippen LogP contribution in [0.1, 0.15) is 12.8 Å². The van der Waals surface area contributed by atoms with Crippen molar-refractivity contribution in [3.8, 4) is 0 Å². The zero-order chi connectivity index (χ0) is 6.48. The highest BCUT2D eigenvalue weighted by Crippen LogP contribution is 2.49. The maximum atomic E-state index is 10.5. The van der Waals surface area contributed by atoms with E-state index in [2.05, 4.69) is 5.32 Å². The van der Waals surface area contributed by atoms with Gasteiger partial charge in [0.2, 0.25) is 0 Å². The number of carboxylic acids is 1. The first-order valence-corrected chi connectivity index (χ1v) is 3.24. The Morgan fingerprint density at radius 1 is 1.70 bits per heavy atom. The second-order valence-corrected chi connectivity index (χ2v) is 2.89. The van der Waals surface area contributed by atoms with Crippen molar-refractivity contribution < 1.29 is 9.90 Å². The molecular formula is C6H10ClNO2. The summed E-state index contributed by atoms with van der Waals surface area (Å²) >= 11 is 0. The molecule has 0 bridgehead atoms. The van der Waals surface area contributed by atoms with Gasteiger partial charge in [0.1, 0.15) is 5.54 Å². The van der Waals surface area contributed by atoms with Crippen LogP contribution in [0.5, 0.6) is 0 Å². The Balaban J connectivity index is 0.000000500. The minimum absolute atomic E-state index is 0. The molecule has 1 saturated carbocycles.